The average Bonchev–Trinajstić information content (AvgIpc) is 3.53. The Hall–Kier alpha value is -5.20. The zero-order chi connectivity index (χ0) is 30.4. The van der Waals surface area contributed by atoms with Crippen molar-refractivity contribution in [2.45, 2.75) is 46.2 Å². The third kappa shape index (κ3) is 6.74. The molecule has 0 atom stereocenters. The number of aryl methyl sites for hydroxylation is 4. The summed E-state index contributed by atoms with van der Waals surface area (Å²) in [5.74, 6) is -1.02. The Kier molecular flexibility index (Phi) is 9.20. The Morgan fingerprint density at radius 1 is 1.00 bits per heavy atom. The first-order valence-electron chi connectivity index (χ1n) is 13.5. The van der Waals surface area contributed by atoms with Gasteiger partial charge in [-0.05, 0) is 62.6 Å². The molecule has 2 aromatic carbocycles. The molecule has 0 bridgehead atoms. The van der Waals surface area contributed by atoms with E-state index in [1.807, 2.05) is 13.8 Å². The van der Waals surface area contributed by atoms with Crippen LogP contribution in [-0.4, -0.2) is 56.6 Å². The number of imidazole rings is 1. The van der Waals surface area contributed by atoms with Gasteiger partial charge in [0.05, 0.1) is 18.3 Å². The van der Waals surface area contributed by atoms with Crippen LogP contribution in [0, 0.1) is 6.92 Å². The van der Waals surface area contributed by atoms with E-state index in [2.05, 4.69) is 20.7 Å². The Morgan fingerprint density at radius 3 is 2.36 bits per heavy atom. The maximum atomic E-state index is 13.2. The fourth-order valence-corrected chi connectivity index (χ4v) is 4.62. The van der Waals surface area contributed by atoms with Crippen LogP contribution < -0.4 is 26.8 Å². The number of carbonyl (C=O) groups is 4. The predicted octanol–water partition coefficient (Wildman–Crippen LogP) is 2.16. The number of ether oxygens (including phenoxy) is 1. The molecule has 42 heavy (non-hydrogen) atoms. The molecule has 0 aliphatic carbocycles. The van der Waals surface area contributed by atoms with Crippen molar-refractivity contribution >= 4 is 40.6 Å². The molecule has 0 saturated heterocycles. The molecule has 0 fully saturated rings. The minimum atomic E-state index is -0.635. The van der Waals surface area contributed by atoms with E-state index in [4.69, 9.17) is 16.2 Å². The van der Waals surface area contributed by atoms with Crippen molar-refractivity contribution in [1.82, 2.24) is 24.6 Å². The summed E-state index contributed by atoms with van der Waals surface area (Å²) < 4.78 is 8.93. The largest absolute Gasteiger partial charge is 0.494 e. The van der Waals surface area contributed by atoms with Crippen LogP contribution in [0.5, 0.6) is 5.75 Å². The van der Waals surface area contributed by atoms with Crippen molar-refractivity contribution in [3.63, 3.8) is 0 Å². The molecule has 220 valence electrons. The van der Waals surface area contributed by atoms with E-state index in [1.54, 1.807) is 45.6 Å². The lowest BCUT2D eigenvalue weighted by atomic mass is 10.1. The molecule has 13 heteroatoms. The second-order valence-electron chi connectivity index (χ2n) is 9.70. The number of rotatable bonds is 13. The molecule has 0 saturated carbocycles. The Balaban J connectivity index is 1.48. The van der Waals surface area contributed by atoms with Crippen LogP contribution in [0.25, 0.3) is 11.0 Å². The molecule has 13 nitrogen and oxygen atoms in total. The molecule has 0 radical (unpaired) electrons. The van der Waals surface area contributed by atoms with Crippen LogP contribution in [0.4, 0.5) is 5.95 Å². The van der Waals surface area contributed by atoms with Crippen LogP contribution in [0.3, 0.4) is 0 Å². The number of benzene rings is 2. The summed E-state index contributed by atoms with van der Waals surface area (Å²) >= 11 is 0. The lowest BCUT2D eigenvalue weighted by Gasteiger charge is -2.13. The highest BCUT2D eigenvalue weighted by Gasteiger charge is 2.21. The number of aromatic nitrogens is 4. The van der Waals surface area contributed by atoms with Gasteiger partial charge in [0.1, 0.15) is 17.0 Å². The number of methoxy groups -OCH3 is 1. The van der Waals surface area contributed by atoms with Crippen molar-refractivity contribution in [3.8, 4) is 5.75 Å². The summed E-state index contributed by atoms with van der Waals surface area (Å²) in [4.78, 5) is 53.4. The maximum Gasteiger partial charge on any atom is 0.276 e. The van der Waals surface area contributed by atoms with Gasteiger partial charge in [0.2, 0.25) is 23.7 Å². The summed E-state index contributed by atoms with van der Waals surface area (Å²) in [5.41, 5.74) is 14.4. The monoisotopic (exact) mass is 574 g/mol. The zero-order valence-corrected chi connectivity index (χ0v) is 23.8. The molecule has 2 aromatic heterocycles. The van der Waals surface area contributed by atoms with E-state index in [1.165, 1.54) is 13.2 Å². The van der Waals surface area contributed by atoms with Crippen LogP contribution in [0.15, 0.2) is 42.5 Å². The zero-order valence-electron chi connectivity index (χ0n) is 23.8. The molecule has 0 spiro atoms. The third-order valence-corrected chi connectivity index (χ3v) is 6.73. The highest BCUT2D eigenvalue weighted by Crippen LogP contribution is 2.31. The lowest BCUT2D eigenvalue weighted by Crippen LogP contribution is -2.26. The summed E-state index contributed by atoms with van der Waals surface area (Å²) in [7, 11) is 1.47. The molecule has 0 unspecified atom stereocenters. The van der Waals surface area contributed by atoms with Crippen LogP contribution in [0.1, 0.15) is 62.2 Å². The predicted molar refractivity (Wildman–Crippen MR) is 156 cm³/mol. The van der Waals surface area contributed by atoms with Crippen LogP contribution >= 0.6 is 0 Å². The normalized spacial score (nSPS) is 10.9. The van der Waals surface area contributed by atoms with Gasteiger partial charge in [0, 0.05) is 37.2 Å². The van der Waals surface area contributed by atoms with Gasteiger partial charge in [-0.2, -0.15) is 5.10 Å². The minimum absolute atomic E-state index is 0.120. The first-order valence-corrected chi connectivity index (χ1v) is 13.5. The van der Waals surface area contributed by atoms with Crippen molar-refractivity contribution in [2.24, 2.45) is 11.5 Å². The molecule has 4 amide bonds. The lowest BCUT2D eigenvalue weighted by molar-refractivity contribution is -0.121. The molecule has 2 heterocycles. The number of amides is 4. The summed E-state index contributed by atoms with van der Waals surface area (Å²) in [6, 6.07) is 11.6. The molecule has 4 rings (SSSR count). The van der Waals surface area contributed by atoms with Gasteiger partial charge in [-0.15, -0.1) is 0 Å². The highest BCUT2D eigenvalue weighted by atomic mass is 16.5. The summed E-state index contributed by atoms with van der Waals surface area (Å²) in [6.07, 6.45) is 1.31. The molecular formula is C29H34N8O5. The number of nitrogens with zero attached hydrogens (tertiary/aromatic N) is 4. The number of primary amides is 2. The number of fused-ring (bicyclic) bond motifs is 1. The average molecular weight is 575 g/mol. The number of nitrogens with two attached hydrogens (primary N) is 2. The first-order chi connectivity index (χ1) is 20.1. The number of hydrogen-bond donors (Lipinski definition) is 4. The summed E-state index contributed by atoms with van der Waals surface area (Å²) in [6.45, 7) is 4.96. The Bertz CT molecular complexity index is 1640. The first kappa shape index (κ1) is 29.8. The van der Waals surface area contributed by atoms with E-state index in [0.717, 1.165) is 5.56 Å². The van der Waals surface area contributed by atoms with Gasteiger partial charge in [-0.1, -0.05) is 12.1 Å². The summed E-state index contributed by atoms with van der Waals surface area (Å²) in [5, 5.41) is 10.1. The fourth-order valence-electron chi connectivity index (χ4n) is 4.62. The molecule has 6 N–H and O–H groups in total. The van der Waals surface area contributed by atoms with Crippen LogP contribution in [0.2, 0.25) is 0 Å². The second kappa shape index (κ2) is 13.0. The number of anilines is 1. The van der Waals surface area contributed by atoms with Gasteiger partial charge < -0.3 is 26.1 Å². The molecule has 0 aliphatic heterocycles. The number of carbonyl (C=O) groups excluding carboxylic acids is 4. The van der Waals surface area contributed by atoms with E-state index in [0.29, 0.717) is 66.2 Å². The number of hydrogen-bond acceptors (Lipinski definition) is 7. The van der Waals surface area contributed by atoms with Gasteiger partial charge in [0.15, 0.2) is 0 Å². The standard InChI is InChI=1S/C29H34N8O5/c1-4-37-22(14-17(2)35-37)28(41)34-29-33-21-15-20(27(31)40)16-23(42-3)25(21)36(29)13-5-12-32-24(38)11-8-18-6-9-19(10-7-18)26(30)39/h6-7,9-10,14-16H,4-5,8,11-13H2,1-3H3,(H2,30,39)(H2,31,40)(H,32,38)(H,33,34,41). The van der Waals surface area contributed by atoms with Gasteiger partial charge in [-0.25, -0.2) is 4.98 Å². The Morgan fingerprint density at radius 2 is 1.71 bits per heavy atom. The quantitative estimate of drug-likeness (QED) is 0.176. The SMILES string of the molecule is CCn1nc(C)cc1C(=O)Nc1nc2cc(C(N)=O)cc(OC)c2n1CCCNC(=O)CCc1ccc(C(N)=O)cc1. The molecular weight excluding hydrogens is 540 g/mol. The second-order valence-corrected chi connectivity index (χ2v) is 9.70. The van der Waals surface area contributed by atoms with Crippen molar-refractivity contribution in [3.05, 3.63) is 70.5 Å². The minimum Gasteiger partial charge on any atom is -0.494 e. The van der Waals surface area contributed by atoms with Gasteiger partial charge >= 0.3 is 0 Å². The van der Waals surface area contributed by atoms with E-state index in [9.17, 15) is 19.2 Å². The van der Waals surface area contributed by atoms with Crippen molar-refractivity contribution in [1.29, 1.82) is 0 Å². The van der Waals surface area contributed by atoms with E-state index < -0.39 is 11.8 Å². The fraction of sp³-hybridized carbons (Fsp3) is 0.310. The van der Waals surface area contributed by atoms with E-state index >= 15 is 0 Å². The van der Waals surface area contributed by atoms with Gasteiger partial charge in [0.25, 0.3) is 5.91 Å². The van der Waals surface area contributed by atoms with Crippen LogP contribution in [-0.2, 0) is 24.3 Å². The molecule has 0 aliphatic rings. The molecule has 4 aromatic rings. The maximum absolute atomic E-state index is 13.2. The smallest absolute Gasteiger partial charge is 0.276 e. The van der Waals surface area contributed by atoms with Crippen molar-refractivity contribution in [2.75, 3.05) is 19.0 Å². The topological polar surface area (TPSA) is 189 Å². The highest BCUT2D eigenvalue weighted by molar-refractivity contribution is 6.04. The van der Waals surface area contributed by atoms with Crippen molar-refractivity contribution < 1.29 is 23.9 Å². The Labute approximate surface area is 242 Å². The van der Waals surface area contributed by atoms with E-state index in [-0.39, 0.29) is 29.7 Å². The van der Waals surface area contributed by atoms with Gasteiger partial charge in [-0.3, -0.25) is 29.2 Å². The number of nitrogens with one attached hydrogen (secondary N) is 2. The third-order valence-electron chi connectivity index (χ3n) is 6.73.